The van der Waals surface area contributed by atoms with E-state index in [9.17, 15) is 14.5 Å². The van der Waals surface area contributed by atoms with Crippen LogP contribution in [0, 0.1) is 15.9 Å². The lowest BCUT2D eigenvalue weighted by atomic mass is 10.3. The molecule has 0 spiro atoms. The van der Waals surface area contributed by atoms with Gasteiger partial charge in [-0.2, -0.15) is 0 Å². The van der Waals surface area contributed by atoms with E-state index in [-0.39, 0.29) is 28.3 Å². The van der Waals surface area contributed by atoms with Crippen LogP contribution in [0.1, 0.15) is 5.56 Å². The summed E-state index contributed by atoms with van der Waals surface area (Å²) < 4.78 is 18.9. The lowest BCUT2D eigenvalue weighted by molar-refractivity contribution is -0.385. The quantitative estimate of drug-likeness (QED) is 0.372. The fraction of sp³-hybridized carbons (Fsp3) is 0.0909. The SMILES string of the molecule is O=[N+]([O-])c1ccc(Oc2ncnc(Cl)c2CCl)c(F)c1. The van der Waals surface area contributed by atoms with Crippen LogP contribution in [0.3, 0.4) is 0 Å². The second-order valence-corrected chi connectivity index (χ2v) is 4.18. The first-order valence-corrected chi connectivity index (χ1v) is 6.11. The van der Waals surface area contributed by atoms with E-state index in [1.165, 1.54) is 0 Å². The second-order valence-electron chi connectivity index (χ2n) is 3.56. The molecule has 1 aromatic carbocycles. The van der Waals surface area contributed by atoms with Crippen LogP contribution in [-0.4, -0.2) is 14.9 Å². The molecule has 0 radical (unpaired) electrons. The Hall–Kier alpha value is -1.99. The van der Waals surface area contributed by atoms with Gasteiger partial charge in [0.15, 0.2) is 11.6 Å². The number of hydrogen-bond acceptors (Lipinski definition) is 5. The van der Waals surface area contributed by atoms with E-state index >= 15 is 0 Å². The minimum absolute atomic E-state index is 0.00671. The van der Waals surface area contributed by atoms with Gasteiger partial charge in [0, 0.05) is 6.07 Å². The van der Waals surface area contributed by atoms with Gasteiger partial charge in [-0.15, -0.1) is 11.6 Å². The molecule has 20 heavy (non-hydrogen) atoms. The van der Waals surface area contributed by atoms with E-state index in [0.717, 1.165) is 24.5 Å². The normalized spacial score (nSPS) is 10.3. The molecule has 0 aliphatic rings. The highest BCUT2D eigenvalue weighted by atomic mass is 35.5. The van der Waals surface area contributed by atoms with Gasteiger partial charge in [-0.1, -0.05) is 11.6 Å². The van der Waals surface area contributed by atoms with Gasteiger partial charge < -0.3 is 4.74 Å². The van der Waals surface area contributed by atoms with Crippen LogP contribution in [0.15, 0.2) is 24.5 Å². The van der Waals surface area contributed by atoms with Gasteiger partial charge in [0.1, 0.15) is 11.5 Å². The van der Waals surface area contributed by atoms with Crippen LogP contribution in [0.2, 0.25) is 5.15 Å². The van der Waals surface area contributed by atoms with Crippen molar-refractivity contribution in [3.05, 3.63) is 51.2 Å². The third kappa shape index (κ3) is 2.94. The molecule has 2 aromatic rings. The summed E-state index contributed by atoms with van der Waals surface area (Å²) in [5, 5.41) is 10.6. The molecule has 0 saturated heterocycles. The molecule has 2 rings (SSSR count). The van der Waals surface area contributed by atoms with Crippen LogP contribution in [0.25, 0.3) is 0 Å². The molecule has 0 atom stereocenters. The molecule has 0 saturated carbocycles. The molecule has 0 unspecified atom stereocenters. The van der Waals surface area contributed by atoms with Crippen LogP contribution < -0.4 is 4.74 Å². The second kappa shape index (κ2) is 5.98. The Morgan fingerprint density at radius 2 is 2.15 bits per heavy atom. The number of ether oxygens (including phenoxy) is 1. The Morgan fingerprint density at radius 3 is 2.75 bits per heavy atom. The van der Waals surface area contributed by atoms with Gasteiger partial charge in [-0.3, -0.25) is 10.1 Å². The minimum Gasteiger partial charge on any atom is -0.435 e. The van der Waals surface area contributed by atoms with Gasteiger partial charge in [-0.25, -0.2) is 14.4 Å². The number of nitro benzene ring substituents is 1. The first kappa shape index (κ1) is 14.4. The Bertz CT molecular complexity index is 669. The molecule has 1 aromatic heterocycles. The Labute approximate surface area is 122 Å². The molecule has 0 aliphatic heterocycles. The highest BCUT2D eigenvalue weighted by Crippen LogP contribution is 2.31. The van der Waals surface area contributed by atoms with E-state index < -0.39 is 10.7 Å². The first-order valence-electron chi connectivity index (χ1n) is 5.20. The van der Waals surface area contributed by atoms with Crippen molar-refractivity contribution in [3.63, 3.8) is 0 Å². The Balaban J connectivity index is 2.36. The zero-order valence-corrected chi connectivity index (χ0v) is 11.2. The van der Waals surface area contributed by atoms with Crippen LogP contribution in [0.5, 0.6) is 11.6 Å². The standard InChI is InChI=1S/C11H6Cl2FN3O3/c12-4-7-10(13)15-5-16-11(7)20-9-2-1-6(17(18)19)3-8(9)14/h1-3,5H,4H2. The highest BCUT2D eigenvalue weighted by Gasteiger charge is 2.16. The van der Waals surface area contributed by atoms with Crippen LogP contribution >= 0.6 is 23.2 Å². The third-order valence-corrected chi connectivity index (χ3v) is 2.91. The zero-order valence-electron chi connectivity index (χ0n) is 9.72. The van der Waals surface area contributed by atoms with Gasteiger partial charge in [0.2, 0.25) is 5.88 Å². The van der Waals surface area contributed by atoms with E-state index in [1.54, 1.807) is 0 Å². The third-order valence-electron chi connectivity index (χ3n) is 2.32. The maximum Gasteiger partial charge on any atom is 0.272 e. The molecular formula is C11H6Cl2FN3O3. The average Bonchev–Trinajstić information content (AvgIpc) is 2.41. The van der Waals surface area contributed by atoms with E-state index in [1.807, 2.05) is 0 Å². The smallest absolute Gasteiger partial charge is 0.272 e. The number of aromatic nitrogens is 2. The number of non-ortho nitro benzene ring substituents is 1. The van der Waals surface area contributed by atoms with E-state index in [2.05, 4.69) is 9.97 Å². The monoisotopic (exact) mass is 317 g/mol. The molecule has 0 N–H and O–H groups in total. The lowest BCUT2D eigenvalue weighted by Gasteiger charge is -2.09. The van der Waals surface area contributed by atoms with Crippen molar-refractivity contribution in [1.29, 1.82) is 0 Å². The van der Waals surface area contributed by atoms with Crippen molar-refractivity contribution in [2.45, 2.75) is 5.88 Å². The summed E-state index contributed by atoms with van der Waals surface area (Å²) in [5.74, 6) is -1.15. The summed E-state index contributed by atoms with van der Waals surface area (Å²) in [5.41, 5.74) is -0.0817. The molecule has 0 aliphatic carbocycles. The van der Waals surface area contributed by atoms with Gasteiger partial charge >= 0.3 is 0 Å². The predicted molar refractivity (Wildman–Crippen MR) is 69.7 cm³/mol. The number of hydrogen-bond donors (Lipinski definition) is 0. The zero-order chi connectivity index (χ0) is 14.7. The summed E-state index contributed by atoms with van der Waals surface area (Å²) in [6.07, 6.45) is 1.14. The van der Waals surface area contributed by atoms with Crippen LogP contribution in [0.4, 0.5) is 10.1 Å². The average molecular weight is 318 g/mol. The molecular weight excluding hydrogens is 312 g/mol. The number of alkyl halides is 1. The molecule has 0 fully saturated rings. The summed E-state index contributed by atoms with van der Waals surface area (Å²) in [6.45, 7) is 0. The lowest BCUT2D eigenvalue weighted by Crippen LogP contribution is -1.98. The number of halogens is 3. The Kier molecular flexibility index (Phi) is 4.31. The van der Waals surface area contributed by atoms with Crippen molar-refractivity contribution in [3.8, 4) is 11.6 Å². The Morgan fingerprint density at radius 1 is 1.40 bits per heavy atom. The van der Waals surface area contributed by atoms with Crippen molar-refractivity contribution in [2.24, 2.45) is 0 Å². The maximum atomic E-state index is 13.7. The summed E-state index contributed by atoms with van der Waals surface area (Å²) in [4.78, 5) is 17.3. The van der Waals surface area contributed by atoms with Crippen molar-refractivity contribution >= 4 is 28.9 Å². The molecule has 0 bridgehead atoms. The summed E-state index contributed by atoms with van der Waals surface area (Å²) in [7, 11) is 0. The predicted octanol–water partition coefficient (Wildman–Crippen LogP) is 3.71. The van der Waals surface area contributed by atoms with Gasteiger partial charge in [0.05, 0.1) is 22.4 Å². The topological polar surface area (TPSA) is 78.2 Å². The molecule has 1 heterocycles. The largest absolute Gasteiger partial charge is 0.435 e. The fourth-order valence-corrected chi connectivity index (χ4v) is 1.87. The van der Waals surface area contributed by atoms with Crippen molar-refractivity contribution in [1.82, 2.24) is 9.97 Å². The number of nitrogens with zero attached hydrogens (tertiary/aromatic N) is 3. The number of nitro groups is 1. The van der Waals surface area contributed by atoms with Gasteiger partial charge in [-0.05, 0) is 6.07 Å². The van der Waals surface area contributed by atoms with Crippen molar-refractivity contribution < 1.29 is 14.1 Å². The maximum absolute atomic E-state index is 13.7. The summed E-state index contributed by atoms with van der Waals surface area (Å²) >= 11 is 11.5. The highest BCUT2D eigenvalue weighted by molar-refractivity contribution is 6.31. The number of benzene rings is 1. The van der Waals surface area contributed by atoms with Crippen molar-refractivity contribution in [2.75, 3.05) is 0 Å². The molecule has 9 heteroatoms. The molecule has 104 valence electrons. The van der Waals surface area contributed by atoms with Crippen LogP contribution in [-0.2, 0) is 5.88 Å². The number of rotatable bonds is 4. The minimum atomic E-state index is -0.894. The fourth-order valence-electron chi connectivity index (χ4n) is 1.37. The molecule has 0 amide bonds. The van der Waals surface area contributed by atoms with Gasteiger partial charge in [0.25, 0.3) is 5.69 Å². The summed E-state index contributed by atoms with van der Waals surface area (Å²) in [6, 6.07) is 2.99. The van der Waals surface area contributed by atoms with E-state index in [4.69, 9.17) is 27.9 Å². The molecule has 6 nitrogen and oxygen atoms in total. The van der Waals surface area contributed by atoms with E-state index in [0.29, 0.717) is 5.56 Å². The first-order chi connectivity index (χ1) is 9.52.